The molecule has 3 nitrogen and oxygen atoms in total. The van der Waals surface area contributed by atoms with Gasteiger partial charge in [-0.15, -0.1) is 11.3 Å². The van der Waals surface area contributed by atoms with Crippen molar-refractivity contribution in [1.82, 2.24) is 14.9 Å². The summed E-state index contributed by atoms with van der Waals surface area (Å²) in [5.41, 5.74) is 4.46. The van der Waals surface area contributed by atoms with Crippen molar-refractivity contribution in [2.45, 2.75) is 39.4 Å². The minimum absolute atomic E-state index is 0.149. The standard InChI is InChI=1S/C13H19N3S/c1-13(2,3)15-7-12-5-4-6-16(12)8-11-9-17-10-14-11/h4-6,9-10,15H,7-8H2,1-3H3. The Morgan fingerprint density at radius 1 is 1.41 bits per heavy atom. The Hall–Kier alpha value is -1.13. The first-order valence-corrected chi connectivity index (χ1v) is 6.75. The third kappa shape index (κ3) is 3.68. The zero-order valence-corrected chi connectivity index (χ0v) is 11.4. The van der Waals surface area contributed by atoms with Crippen molar-refractivity contribution in [2.24, 2.45) is 0 Å². The molecule has 0 saturated carbocycles. The van der Waals surface area contributed by atoms with E-state index in [1.165, 1.54) is 5.69 Å². The number of thiazole rings is 1. The van der Waals surface area contributed by atoms with Crippen LogP contribution in [-0.4, -0.2) is 15.1 Å². The van der Waals surface area contributed by atoms with Crippen molar-refractivity contribution >= 4 is 11.3 Å². The van der Waals surface area contributed by atoms with Gasteiger partial charge >= 0.3 is 0 Å². The fourth-order valence-corrected chi connectivity index (χ4v) is 2.16. The van der Waals surface area contributed by atoms with Gasteiger partial charge in [0.05, 0.1) is 17.7 Å². The van der Waals surface area contributed by atoms with Gasteiger partial charge in [0.2, 0.25) is 0 Å². The van der Waals surface area contributed by atoms with Gasteiger partial charge in [-0.3, -0.25) is 0 Å². The molecule has 0 radical (unpaired) electrons. The van der Waals surface area contributed by atoms with E-state index < -0.39 is 0 Å². The molecule has 0 atom stereocenters. The Bertz CT molecular complexity index is 451. The highest BCUT2D eigenvalue weighted by Crippen LogP contribution is 2.09. The maximum absolute atomic E-state index is 4.32. The van der Waals surface area contributed by atoms with E-state index in [-0.39, 0.29) is 5.54 Å². The third-order valence-electron chi connectivity index (χ3n) is 2.54. The molecule has 0 fully saturated rings. The summed E-state index contributed by atoms with van der Waals surface area (Å²) in [6, 6.07) is 4.25. The van der Waals surface area contributed by atoms with E-state index in [1.807, 2.05) is 5.51 Å². The van der Waals surface area contributed by atoms with Crippen LogP contribution >= 0.6 is 11.3 Å². The van der Waals surface area contributed by atoms with E-state index in [2.05, 4.69) is 59.3 Å². The summed E-state index contributed by atoms with van der Waals surface area (Å²) in [7, 11) is 0. The fraction of sp³-hybridized carbons (Fsp3) is 0.462. The fourth-order valence-electron chi connectivity index (χ4n) is 1.61. The number of hydrogen-bond acceptors (Lipinski definition) is 3. The SMILES string of the molecule is CC(C)(C)NCc1cccn1Cc1cscn1. The Balaban J connectivity index is 2.02. The first kappa shape index (κ1) is 12.3. The lowest BCUT2D eigenvalue weighted by molar-refractivity contribution is 0.417. The maximum atomic E-state index is 4.32. The van der Waals surface area contributed by atoms with Crippen molar-refractivity contribution in [1.29, 1.82) is 0 Å². The molecule has 0 unspecified atom stereocenters. The Morgan fingerprint density at radius 3 is 2.88 bits per heavy atom. The molecule has 4 heteroatoms. The van der Waals surface area contributed by atoms with Crippen LogP contribution in [0.3, 0.4) is 0 Å². The van der Waals surface area contributed by atoms with Gasteiger partial charge in [-0.25, -0.2) is 4.98 Å². The molecule has 2 heterocycles. The molecular weight excluding hydrogens is 230 g/mol. The third-order valence-corrected chi connectivity index (χ3v) is 3.17. The van der Waals surface area contributed by atoms with Gasteiger partial charge < -0.3 is 9.88 Å². The molecule has 1 N–H and O–H groups in total. The molecule has 92 valence electrons. The van der Waals surface area contributed by atoms with Crippen LogP contribution in [-0.2, 0) is 13.1 Å². The van der Waals surface area contributed by atoms with Gasteiger partial charge in [0.1, 0.15) is 0 Å². The van der Waals surface area contributed by atoms with Crippen LogP contribution in [0.4, 0.5) is 0 Å². The van der Waals surface area contributed by atoms with Crippen LogP contribution in [0.1, 0.15) is 32.2 Å². The van der Waals surface area contributed by atoms with Crippen molar-refractivity contribution in [3.8, 4) is 0 Å². The molecule has 0 aliphatic heterocycles. The monoisotopic (exact) mass is 249 g/mol. The molecule has 0 saturated heterocycles. The Labute approximate surface area is 107 Å². The lowest BCUT2D eigenvalue weighted by Crippen LogP contribution is -2.35. The highest BCUT2D eigenvalue weighted by molar-refractivity contribution is 7.07. The van der Waals surface area contributed by atoms with Crippen LogP contribution in [0.15, 0.2) is 29.2 Å². The Morgan fingerprint density at radius 2 is 2.24 bits per heavy atom. The molecular formula is C13H19N3S. The summed E-state index contributed by atoms with van der Waals surface area (Å²) in [5.74, 6) is 0. The largest absolute Gasteiger partial charge is 0.344 e. The molecule has 2 rings (SSSR count). The van der Waals surface area contributed by atoms with E-state index in [9.17, 15) is 0 Å². The minimum atomic E-state index is 0.149. The van der Waals surface area contributed by atoms with E-state index in [4.69, 9.17) is 0 Å². The van der Waals surface area contributed by atoms with E-state index in [0.29, 0.717) is 0 Å². The summed E-state index contributed by atoms with van der Waals surface area (Å²) in [6.45, 7) is 8.29. The van der Waals surface area contributed by atoms with Crippen molar-refractivity contribution < 1.29 is 0 Å². The maximum Gasteiger partial charge on any atom is 0.0795 e. The average molecular weight is 249 g/mol. The predicted octanol–water partition coefficient (Wildman–Crippen LogP) is 2.88. The molecule has 0 aromatic carbocycles. The van der Waals surface area contributed by atoms with Crippen LogP contribution in [0.2, 0.25) is 0 Å². The second kappa shape index (κ2) is 5.02. The van der Waals surface area contributed by atoms with Crippen molar-refractivity contribution in [3.63, 3.8) is 0 Å². The molecule has 0 aliphatic rings. The highest BCUT2D eigenvalue weighted by Gasteiger charge is 2.10. The van der Waals surface area contributed by atoms with Crippen LogP contribution in [0.25, 0.3) is 0 Å². The summed E-state index contributed by atoms with van der Waals surface area (Å²) in [5, 5.41) is 5.60. The molecule has 2 aromatic heterocycles. The number of aromatic nitrogens is 2. The number of nitrogens with one attached hydrogen (secondary N) is 1. The minimum Gasteiger partial charge on any atom is -0.344 e. The van der Waals surface area contributed by atoms with Crippen LogP contribution in [0.5, 0.6) is 0 Å². The molecule has 2 aromatic rings. The zero-order valence-electron chi connectivity index (χ0n) is 10.6. The second-order valence-electron chi connectivity index (χ2n) is 5.21. The van der Waals surface area contributed by atoms with Gasteiger partial charge in [0.15, 0.2) is 0 Å². The first-order valence-electron chi connectivity index (χ1n) is 5.81. The highest BCUT2D eigenvalue weighted by atomic mass is 32.1. The lowest BCUT2D eigenvalue weighted by atomic mass is 10.1. The van der Waals surface area contributed by atoms with Gasteiger partial charge in [-0.05, 0) is 32.9 Å². The van der Waals surface area contributed by atoms with Gasteiger partial charge in [-0.1, -0.05) is 0 Å². The Kier molecular flexibility index (Phi) is 3.64. The predicted molar refractivity (Wildman–Crippen MR) is 72.2 cm³/mol. The molecule has 0 amide bonds. The van der Waals surface area contributed by atoms with Gasteiger partial charge in [0, 0.05) is 29.4 Å². The zero-order chi connectivity index (χ0) is 12.3. The summed E-state index contributed by atoms with van der Waals surface area (Å²) in [6.07, 6.45) is 2.11. The van der Waals surface area contributed by atoms with Crippen molar-refractivity contribution in [2.75, 3.05) is 0 Å². The molecule has 0 spiro atoms. The van der Waals surface area contributed by atoms with E-state index in [0.717, 1.165) is 18.8 Å². The van der Waals surface area contributed by atoms with Crippen molar-refractivity contribution in [3.05, 3.63) is 40.6 Å². The lowest BCUT2D eigenvalue weighted by Gasteiger charge is -2.21. The van der Waals surface area contributed by atoms with E-state index >= 15 is 0 Å². The quantitative estimate of drug-likeness (QED) is 0.903. The summed E-state index contributed by atoms with van der Waals surface area (Å²) >= 11 is 1.64. The first-order chi connectivity index (χ1) is 8.04. The normalized spacial score (nSPS) is 11.9. The molecule has 17 heavy (non-hydrogen) atoms. The summed E-state index contributed by atoms with van der Waals surface area (Å²) < 4.78 is 2.24. The second-order valence-corrected chi connectivity index (χ2v) is 5.93. The van der Waals surface area contributed by atoms with Gasteiger partial charge in [-0.2, -0.15) is 0 Å². The topological polar surface area (TPSA) is 29.9 Å². The number of nitrogens with zero attached hydrogens (tertiary/aromatic N) is 2. The average Bonchev–Trinajstić information content (AvgIpc) is 2.86. The van der Waals surface area contributed by atoms with Gasteiger partial charge in [0.25, 0.3) is 0 Å². The number of hydrogen-bond donors (Lipinski definition) is 1. The van der Waals surface area contributed by atoms with Crippen LogP contribution in [0, 0.1) is 0 Å². The van der Waals surface area contributed by atoms with E-state index in [1.54, 1.807) is 11.3 Å². The smallest absolute Gasteiger partial charge is 0.0795 e. The number of rotatable bonds is 4. The van der Waals surface area contributed by atoms with Crippen LogP contribution < -0.4 is 5.32 Å². The molecule has 0 aliphatic carbocycles. The molecule has 0 bridgehead atoms. The summed E-state index contributed by atoms with van der Waals surface area (Å²) in [4.78, 5) is 4.32.